The number of nitrogens with one attached hydrogen (secondary N) is 1. The Kier molecular flexibility index (Phi) is 6.02. The molecule has 7 nitrogen and oxygen atoms in total. The van der Waals surface area contributed by atoms with Gasteiger partial charge in [0, 0.05) is 35.1 Å². The second kappa shape index (κ2) is 9.52. The molecule has 3 aromatic carbocycles. The van der Waals surface area contributed by atoms with Gasteiger partial charge in [-0.25, -0.2) is 4.39 Å². The number of hydrogen-bond donors (Lipinski definition) is 1. The van der Waals surface area contributed by atoms with E-state index < -0.39 is 12.1 Å². The van der Waals surface area contributed by atoms with Crippen LogP contribution in [0.5, 0.6) is 11.5 Å². The SMILES string of the molecule is COc1ccc(OC)c([C@@H]2c3[nH]c4ccccc4c3C[C@H]3C(=O)N(CCc4ccccc4F)CC(=O)N23)c1. The summed E-state index contributed by atoms with van der Waals surface area (Å²) >= 11 is 0. The number of nitrogens with zero attached hydrogens (tertiary/aromatic N) is 2. The molecule has 6 rings (SSSR count). The van der Waals surface area contributed by atoms with Crippen molar-refractivity contribution in [3.05, 3.63) is 94.9 Å². The number of methoxy groups -OCH3 is 2. The largest absolute Gasteiger partial charge is 0.497 e. The minimum Gasteiger partial charge on any atom is -0.497 e. The van der Waals surface area contributed by atoms with Crippen LogP contribution in [-0.4, -0.2) is 59.9 Å². The van der Waals surface area contributed by atoms with Crippen molar-refractivity contribution in [3.8, 4) is 11.5 Å². The molecule has 2 aliphatic rings. The Bertz CT molecular complexity index is 1550. The number of rotatable bonds is 6. The van der Waals surface area contributed by atoms with Gasteiger partial charge >= 0.3 is 0 Å². The van der Waals surface area contributed by atoms with Crippen LogP contribution in [-0.2, 0) is 22.4 Å². The number of piperazine rings is 1. The number of aromatic nitrogens is 1. The number of amides is 2. The van der Waals surface area contributed by atoms with E-state index in [0.717, 1.165) is 27.7 Å². The Labute approximate surface area is 219 Å². The lowest BCUT2D eigenvalue weighted by molar-refractivity contribution is -0.158. The monoisotopic (exact) mass is 513 g/mol. The fourth-order valence-corrected chi connectivity index (χ4v) is 5.85. The molecule has 194 valence electrons. The van der Waals surface area contributed by atoms with Crippen molar-refractivity contribution in [2.45, 2.75) is 24.9 Å². The smallest absolute Gasteiger partial charge is 0.246 e. The van der Waals surface area contributed by atoms with Crippen molar-refractivity contribution in [1.29, 1.82) is 0 Å². The molecule has 2 amide bonds. The molecule has 2 aliphatic heterocycles. The van der Waals surface area contributed by atoms with E-state index in [1.165, 1.54) is 6.07 Å². The van der Waals surface area contributed by atoms with Gasteiger partial charge < -0.3 is 24.3 Å². The number of benzene rings is 3. The number of halogens is 1. The van der Waals surface area contributed by atoms with E-state index in [1.54, 1.807) is 42.2 Å². The molecule has 0 bridgehead atoms. The molecule has 0 spiro atoms. The highest BCUT2D eigenvalue weighted by Gasteiger charge is 2.48. The van der Waals surface area contributed by atoms with Crippen molar-refractivity contribution < 1.29 is 23.5 Å². The fraction of sp³-hybridized carbons (Fsp3) is 0.267. The first-order valence-electron chi connectivity index (χ1n) is 12.6. The van der Waals surface area contributed by atoms with E-state index >= 15 is 0 Å². The van der Waals surface area contributed by atoms with Crippen LogP contribution in [0.25, 0.3) is 10.9 Å². The van der Waals surface area contributed by atoms with Gasteiger partial charge in [0.2, 0.25) is 11.8 Å². The number of hydrogen-bond acceptors (Lipinski definition) is 4. The maximum absolute atomic E-state index is 14.2. The third-order valence-corrected chi connectivity index (χ3v) is 7.68. The number of ether oxygens (including phenoxy) is 2. The van der Waals surface area contributed by atoms with Crippen molar-refractivity contribution in [2.75, 3.05) is 27.3 Å². The second-order valence-corrected chi connectivity index (χ2v) is 9.70. The highest BCUT2D eigenvalue weighted by molar-refractivity contribution is 5.97. The molecule has 4 aromatic rings. The lowest BCUT2D eigenvalue weighted by Gasteiger charge is -2.47. The van der Waals surface area contributed by atoms with E-state index in [2.05, 4.69) is 4.98 Å². The summed E-state index contributed by atoms with van der Waals surface area (Å²) in [5.74, 6) is 0.619. The van der Waals surface area contributed by atoms with Crippen molar-refractivity contribution >= 4 is 22.7 Å². The average Bonchev–Trinajstić information content (AvgIpc) is 3.32. The second-order valence-electron chi connectivity index (χ2n) is 9.70. The molecule has 3 heterocycles. The predicted molar refractivity (Wildman–Crippen MR) is 141 cm³/mol. The summed E-state index contributed by atoms with van der Waals surface area (Å²) in [4.78, 5) is 34.5. The number of fused-ring (bicyclic) bond motifs is 4. The summed E-state index contributed by atoms with van der Waals surface area (Å²) in [5, 5.41) is 1.03. The number of para-hydroxylation sites is 1. The number of H-pyrrole nitrogens is 1. The molecular weight excluding hydrogens is 485 g/mol. The van der Waals surface area contributed by atoms with Gasteiger partial charge in [0.1, 0.15) is 29.4 Å². The molecule has 1 N–H and O–H groups in total. The van der Waals surface area contributed by atoms with Gasteiger partial charge in [-0.1, -0.05) is 36.4 Å². The van der Waals surface area contributed by atoms with Gasteiger partial charge in [-0.2, -0.15) is 0 Å². The lowest BCUT2D eigenvalue weighted by atomic mass is 9.85. The number of carbonyl (C=O) groups is 2. The number of aromatic amines is 1. The summed E-state index contributed by atoms with van der Waals surface area (Å²) in [6.07, 6.45) is 0.729. The zero-order valence-corrected chi connectivity index (χ0v) is 21.2. The quantitative estimate of drug-likeness (QED) is 0.418. The average molecular weight is 514 g/mol. The zero-order chi connectivity index (χ0) is 26.4. The van der Waals surface area contributed by atoms with E-state index in [1.807, 2.05) is 42.5 Å². The molecule has 0 unspecified atom stereocenters. The van der Waals surface area contributed by atoms with Crippen LogP contribution >= 0.6 is 0 Å². The van der Waals surface area contributed by atoms with Gasteiger partial charge in [-0.3, -0.25) is 9.59 Å². The van der Waals surface area contributed by atoms with Gasteiger partial charge in [0.25, 0.3) is 0 Å². The van der Waals surface area contributed by atoms with Gasteiger partial charge in [0.05, 0.1) is 20.8 Å². The number of carbonyl (C=O) groups excluding carboxylic acids is 2. The van der Waals surface area contributed by atoms with E-state index in [9.17, 15) is 14.0 Å². The third kappa shape index (κ3) is 3.88. The van der Waals surface area contributed by atoms with Crippen LogP contribution < -0.4 is 9.47 Å². The molecule has 8 heteroatoms. The minimum atomic E-state index is -0.690. The highest BCUT2D eigenvalue weighted by atomic mass is 19.1. The molecule has 0 aliphatic carbocycles. The highest BCUT2D eigenvalue weighted by Crippen LogP contribution is 2.45. The van der Waals surface area contributed by atoms with Crippen LogP contribution in [0.4, 0.5) is 4.39 Å². The molecule has 2 atom stereocenters. The summed E-state index contributed by atoms with van der Waals surface area (Å²) in [6, 6.07) is 18.7. The van der Waals surface area contributed by atoms with E-state index in [0.29, 0.717) is 29.9 Å². The Morgan fingerprint density at radius 3 is 2.58 bits per heavy atom. The Morgan fingerprint density at radius 1 is 1.00 bits per heavy atom. The maximum Gasteiger partial charge on any atom is 0.246 e. The Balaban J connectivity index is 1.44. The third-order valence-electron chi connectivity index (χ3n) is 7.68. The maximum atomic E-state index is 14.2. The molecular formula is C30H28FN3O4. The lowest BCUT2D eigenvalue weighted by Crippen LogP contribution is -2.63. The molecule has 0 saturated carbocycles. The molecule has 1 fully saturated rings. The molecule has 38 heavy (non-hydrogen) atoms. The standard InChI is InChI=1S/C30H28FN3O4/c1-37-19-11-12-26(38-2)22(15-19)29-28-21(20-8-4-6-10-24(20)32-28)16-25-30(36)33(17-27(35)34(25)29)14-13-18-7-3-5-9-23(18)31/h3-12,15,25,29,32H,13-14,16-17H2,1-2H3/t25-,29+/m0/s1. The first-order valence-corrected chi connectivity index (χ1v) is 12.6. The summed E-state index contributed by atoms with van der Waals surface area (Å²) < 4.78 is 25.4. The predicted octanol–water partition coefficient (Wildman–Crippen LogP) is 4.25. The van der Waals surface area contributed by atoms with Crippen LogP contribution in [0, 0.1) is 5.82 Å². The van der Waals surface area contributed by atoms with Crippen LogP contribution in [0.1, 0.15) is 28.4 Å². The van der Waals surface area contributed by atoms with Crippen LogP contribution in [0.2, 0.25) is 0 Å². The molecule has 1 aromatic heterocycles. The first kappa shape index (κ1) is 24.0. The molecule has 1 saturated heterocycles. The summed E-state index contributed by atoms with van der Waals surface area (Å²) in [7, 11) is 3.18. The Hall–Kier alpha value is -4.33. The minimum absolute atomic E-state index is 0.0673. The van der Waals surface area contributed by atoms with Crippen molar-refractivity contribution in [1.82, 2.24) is 14.8 Å². The summed E-state index contributed by atoms with van der Waals surface area (Å²) in [6.45, 7) is 0.200. The van der Waals surface area contributed by atoms with Crippen molar-refractivity contribution in [2.24, 2.45) is 0 Å². The van der Waals surface area contributed by atoms with Gasteiger partial charge in [-0.05, 0) is 47.9 Å². The topological polar surface area (TPSA) is 74.9 Å². The van der Waals surface area contributed by atoms with Gasteiger partial charge in [-0.15, -0.1) is 0 Å². The Morgan fingerprint density at radius 2 is 1.79 bits per heavy atom. The van der Waals surface area contributed by atoms with E-state index in [-0.39, 0.29) is 30.7 Å². The van der Waals surface area contributed by atoms with Gasteiger partial charge in [0.15, 0.2) is 0 Å². The van der Waals surface area contributed by atoms with Crippen LogP contribution in [0.15, 0.2) is 66.7 Å². The first-order chi connectivity index (χ1) is 18.5. The zero-order valence-electron chi connectivity index (χ0n) is 21.2. The van der Waals surface area contributed by atoms with Crippen molar-refractivity contribution in [3.63, 3.8) is 0 Å². The normalized spacial score (nSPS) is 18.9. The van der Waals surface area contributed by atoms with Crippen LogP contribution in [0.3, 0.4) is 0 Å². The summed E-state index contributed by atoms with van der Waals surface area (Å²) in [5.41, 5.74) is 4.09. The fourth-order valence-electron chi connectivity index (χ4n) is 5.85. The van der Waals surface area contributed by atoms with E-state index in [4.69, 9.17) is 9.47 Å². The molecule has 0 radical (unpaired) electrons.